The van der Waals surface area contributed by atoms with Gasteiger partial charge in [0.25, 0.3) is 5.91 Å². The van der Waals surface area contributed by atoms with Crippen LogP contribution in [0.1, 0.15) is 36.1 Å². The van der Waals surface area contributed by atoms with Gasteiger partial charge < -0.3 is 15.2 Å². The molecule has 0 saturated heterocycles. The molecule has 0 spiro atoms. The van der Waals surface area contributed by atoms with Crippen LogP contribution in [0.5, 0.6) is 0 Å². The van der Waals surface area contributed by atoms with E-state index in [-0.39, 0.29) is 29.5 Å². The number of thioether (sulfide) groups is 1. The molecule has 1 atom stereocenters. The summed E-state index contributed by atoms with van der Waals surface area (Å²) in [5.74, 6) is 0.531. The number of nitrogens with zero attached hydrogens (tertiary/aromatic N) is 3. The molecule has 0 unspecified atom stereocenters. The lowest BCUT2D eigenvalue weighted by Crippen LogP contribution is -2.33. The van der Waals surface area contributed by atoms with Crippen molar-refractivity contribution in [2.45, 2.75) is 25.0 Å². The van der Waals surface area contributed by atoms with E-state index in [1.807, 2.05) is 67.9 Å². The molecule has 1 aromatic heterocycles. The van der Waals surface area contributed by atoms with Gasteiger partial charge in [-0.2, -0.15) is 0 Å². The molecule has 0 aliphatic heterocycles. The van der Waals surface area contributed by atoms with Crippen LogP contribution in [0.3, 0.4) is 0 Å². The molecular formula is C26H26ClN5O2S. The Labute approximate surface area is 213 Å². The summed E-state index contributed by atoms with van der Waals surface area (Å²) in [6.45, 7) is 4.01. The van der Waals surface area contributed by atoms with Gasteiger partial charge in [-0.05, 0) is 53.1 Å². The Morgan fingerprint density at radius 3 is 2.43 bits per heavy atom. The molecule has 7 nitrogen and oxygen atoms in total. The molecule has 35 heavy (non-hydrogen) atoms. The lowest BCUT2D eigenvalue weighted by Gasteiger charge is -2.21. The summed E-state index contributed by atoms with van der Waals surface area (Å²) in [6.07, 6.45) is 0. The zero-order valence-corrected chi connectivity index (χ0v) is 21.2. The van der Waals surface area contributed by atoms with Crippen LogP contribution in [-0.4, -0.2) is 32.3 Å². The number of aromatic nitrogens is 3. The fourth-order valence-electron chi connectivity index (χ4n) is 3.67. The van der Waals surface area contributed by atoms with Crippen LogP contribution in [0, 0.1) is 5.92 Å². The molecule has 3 aromatic carbocycles. The third-order valence-electron chi connectivity index (χ3n) is 5.57. The molecule has 0 radical (unpaired) electrons. The predicted molar refractivity (Wildman–Crippen MR) is 141 cm³/mol. The predicted octanol–water partition coefficient (Wildman–Crippen LogP) is 5.48. The average molecular weight is 508 g/mol. The number of anilines is 1. The molecule has 180 valence electrons. The monoisotopic (exact) mass is 507 g/mol. The lowest BCUT2D eigenvalue weighted by atomic mass is 10.0. The molecule has 0 bridgehead atoms. The SMILES string of the molecule is CC(C)[C@@H](NC(=O)c1ccc(Cl)cc1)c1nnc(SCC(=O)Nc2ccc3ccccc3c2)n1C. The Bertz CT molecular complexity index is 1350. The van der Waals surface area contributed by atoms with E-state index in [2.05, 4.69) is 20.8 Å². The second-order valence-corrected chi connectivity index (χ2v) is 9.88. The molecule has 4 rings (SSSR count). The van der Waals surface area contributed by atoms with Crippen LogP contribution in [0.4, 0.5) is 5.69 Å². The van der Waals surface area contributed by atoms with E-state index in [0.717, 1.165) is 16.5 Å². The van der Waals surface area contributed by atoms with Gasteiger partial charge in [0.05, 0.1) is 11.8 Å². The minimum atomic E-state index is -0.351. The highest BCUT2D eigenvalue weighted by Crippen LogP contribution is 2.25. The minimum absolute atomic E-state index is 0.0724. The summed E-state index contributed by atoms with van der Waals surface area (Å²) in [4.78, 5) is 25.3. The summed E-state index contributed by atoms with van der Waals surface area (Å²) in [5.41, 5.74) is 1.26. The third-order valence-corrected chi connectivity index (χ3v) is 6.84. The fraction of sp³-hybridized carbons (Fsp3) is 0.231. The van der Waals surface area contributed by atoms with Crippen molar-refractivity contribution in [1.82, 2.24) is 20.1 Å². The standard InChI is InChI=1S/C26H26ClN5O2S/c1-16(2)23(29-25(34)18-8-11-20(27)12-9-18)24-30-31-26(32(24)3)35-15-22(33)28-21-13-10-17-6-4-5-7-19(17)14-21/h4-14,16,23H,15H2,1-3H3,(H,28,33)(H,29,34)/t23-/m1/s1. The number of benzene rings is 3. The smallest absolute Gasteiger partial charge is 0.251 e. The number of hydrogen-bond donors (Lipinski definition) is 2. The summed E-state index contributed by atoms with van der Waals surface area (Å²) < 4.78 is 1.82. The molecule has 9 heteroatoms. The Balaban J connectivity index is 1.40. The normalized spacial score (nSPS) is 12.0. The highest BCUT2D eigenvalue weighted by molar-refractivity contribution is 7.99. The molecule has 4 aromatic rings. The van der Waals surface area contributed by atoms with Gasteiger partial charge >= 0.3 is 0 Å². The zero-order chi connectivity index (χ0) is 24.9. The zero-order valence-electron chi connectivity index (χ0n) is 19.7. The van der Waals surface area contributed by atoms with Gasteiger partial charge in [0.15, 0.2) is 11.0 Å². The lowest BCUT2D eigenvalue weighted by molar-refractivity contribution is -0.113. The summed E-state index contributed by atoms with van der Waals surface area (Å²) in [7, 11) is 1.84. The van der Waals surface area contributed by atoms with E-state index in [4.69, 9.17) is 11.6 Å². The van der Waals surface area contributed by atoms with Crippen molar-refractivity contribution in [2.24, 2.45) is 13.0 Å². The Kier molecular flexibility index (Phi) is 7.73. The molecule has 1 heterocycles. The van der Waals surface area contributed by atoms with E-state index < -0.39 is 0 Å². The van der Waals surface area contributed by atoms with E-state index in [1.165, 1.54) is 11.8 Å². The van der Waals surface area contributed by atoms with E-state index in [9.17, 15) is 9.59 Å². The molecule has 2 N–H and O–H groups in total. The van der Waals surface area contributed by atoms with Gasteiger partial charge in [0.1, 0.15) is 0 Å². The number of rotatable bonds is 8. The maximum absolute atomic E-state index is 12.8. The molecule has 0 aliphatic carbocycles. The first-order valence-electron chi connectivity index (χ1n) is 11.2. The van der Waals surface area contributed by atoms with Crippen molar-refractivity contribution in [3.8, 4) is 0 Å². The average Bonchev–Trinajstić information content (AvgIpc) is 3.21. The summed E-state index contributed by atoms with van der Waals surface area (Å²) in [5, 5.41) is 17.9. The quantitative estimate of drug-likeness (QED) is 0.308. The van der Waals surface area contributed by atoms with Crippen LogP contribution in [0.25, 0.3) is 10.8 Å². The minimum Gasteiger partial charge on any atom is -0.342 e. The summed E-state index contributed by atoms with van der Waals surface area (Å²) in [6, 6.07) is 20.2. The first-order valence-corrected chi connectivity index (χ1v) is 12.6. The van der Waals surface area contributed by atoms with Crippen LogP contribution in [-0.2, 0) is 11.8 Å². The molecular weight excluding hydrogens is 482 g/mol. The van der Waals surface area contributed by atoms with Gasteiger partial charge in [0, 0.05) is 23.3 Å². The molecule has 0 fully saturated rings. The Morgan fingerprint density at radius 2 is 1.71 bits per heavy atom. The first kappa shape index (κ1) is 24.8. The number of carbonyl (C=O) groups is 2. The first-order chi connectivity index (χ1) is 16.8. The van der Waals surface area contributed by atoms with Crippen LogP contribution < -0.4 is 10.6 Å². The number of hydrogen-bond acceptors (Lipinski definition) is 5. The number of fused-ring (bicyclic) bond motifs is 1. The van der Waals surface area contributed by atoms with Crippen molar-refractivity contribution >= 4 is 51.6 Å². The molecule has 0 aliphatic rings. The molecule has 2 amide bonds. The van der Waals surface area contributed by atoms with Gasteiger partial charge in [-0.3, -0.25) is 9.59 Å². The van der Waals surface area contributed by atoms with Crippen molar-refractivity contribution < 1.29 is 9.59 Å². The fourth-order valence-corrected chi connectivity index (χ4v) is 4.52. The van der Waals surface area contributed by atoms with Gasteiger partial charge in [-0.25, -0.2) is 0 Å². The third kappa shape index (κ3) is 6.01. The van der Waals surface area contributed by atoms with Crippen LogP contribution >= 0.6 is 23.4 Å². The number of amides is 2. The number of nitrogens with one attached hydrogen (secondary N) is 2. The second-order valence-electron chi connectivity index (χ2n) is 8.50. The topological polar surface area (TPSA) is 88.9 Å². The largest absolute Gasteiger partial charge is 0.342 e. The second kappa shape index (κ2) is 10.9. The van der Waals surface area contributed by atoms with Gasteiger partial charge in [0.2, 0.25) is 5.91 Å². The van der Waals surface area contributed by atoms with Gasteiger partial charge in [-0.15, -0.1) is 10.2 Å². The van der Waals surface area contributed by atoms with Crippen molar-refractivity contribution in [1.29, 1.82) is 0 Å². The van der Waals surface area contributed by atoms with E-state index in [0.29, 0.717) is 21.6 Å². The Morgan fingerprint density at radius 1 is 1.00 bits per heavy atom. The van der Waals surface area contributed by atoms with Crippen LogP contribution in [0.15, 0.2) is 71.9 Å². The Hall–Kier alpha value is -3.36. The highest BCUT2D eigenvalue weighted by Gasteiger charge is 2.25. The van der Waals surface area contributed by atoms with Crippen molar-refractivity contribution in [3.63, 3.8) is 0 Å². The van der Waals surface area contributed by atoms with E-state index >= 15 is 0 Å². The van der Waals surface area contributed by atoms with E-state index in [1.54, 1.807) is 24.3 Å². The van der Waals surface area contributed by atoms with Crippen molar-refractivity contribution in [2.75, 3.05) is 11.1 Å². The van der Waals surface area contributed by atoms with Crippen molar-refractivity contribution in [3.05, 3.63) is 83.1 Å². The van der Waals surface area contributed by atoms with Gasteiger partial charge in [-0.1, -0.05) is 67.5 Å². The van der Waals surface area contributed by atoms with Crippen LogP contribution in [0.2, 0.25) is 5.02 Å². The molecule has 0 saturated carbocycles. The summed E-state index contributed by atoms with van der Waals surface area (Å²) >= 11 is 7.22. The number of carbonyl (C=O) groups excluding carboxylic acids is 2. The maximum Gasteiger partial charge on any atom is 0.251 e. The maximum atomic E-state index is 12.8. The highest BCUT2D eigenvalue weighted by atomic mass is 35.5. The number of halogens is 1.